The van der Waals surface area contributed by atoms with Crippen molar-refractivity contribution in [2.75, 3.05) is 24.3 Å². The van der Waals surface area contributed by atoms with E-state index in [-0.39, 0.29) is 5.54 Å². The molecule has 114 valence electrons. The minimum Gasteiger partial charge on any atom is -0.374 e. The molecular formula is C15H28N4O. The molecule has 0 bridgehead atoms. The molecule has 0 aliphatic carbocycles. The van der Waals surface area contributed by atoms with Crippen molar-refractivity contribution in [3.05, 3.63) is 11.9 Å². The summed E-state index contributed by atoms with van der Waals surface area (Å²) in [6.45, 7) is 9.71. The smallest absolute Gasteiger partial charge is 0.158 e. The maximum atomic E-state index is 5.40. The van der Waals surface area contributed by atoms with E-state index >= 15 is 0 Å². The van der Waals surface area contributed by atoms with Gasteiger partial charge in [0.05, 0.1) is 0 Å². The largest absolute Gasteiger partial charge is 0.374 e. The Morgan fingerprint density at radius 3 is 2.15 bits per heavy atom. The summed E-state index contributed by atoms with van der Waals surface area (Å²) in [4.78, 5) is 8.97. The lowest BCUT2D eigenvalue weighted by Crippen LogP contribution is -2.36. The number of hydrogen-bond acceptors (Lipinski definition) is 5. The molecule has 0 radical (unpaired) electrons. The maximum absolute atomic E-state index is 5.40. The fourth-order valence-electron chi connectivity index (χ4n) is 2.23. The van der Waals surface area contributed by atoms with E-state index in [0.29, 0.717) is 19.0 Å². The van der Waals surface area contributed by atoms with Crippen molar-refractivity contribution in [2.45, 2.75) is 59.1 Å². The normalized spacial score (nSPS) is 11.4. The molecule has 0 unspecified atom stereocenters. The van der Waals surface area contributed by atoms with Gasteiger partial charge >= 0.3 is 0 Å². The van der Waals surface area contributed by atoms with Crippen molar-refractivity contribution in [3.8, 4) is 0 Å². The van der Waals surface area contributed by atoms with Crippen molar-refractivity contribution in [1.29, 1.82) is 0 Å². The van der Waals surface area contributed by atoms with Crippen LogP contribution in [0.2, 0.25) is 0 Å². The Kier molecular flexibility index (Phi) is 6.71. The van der Waals surface area contributed by atoms with E-state index in [9.17, 15) is 0 Å². The van der Waals surface area contributed by atoms with Gasteiger partial charge in [0, 0.05) is 25.3 Å². The van der Waals surface area contributed by atoms with Crippen molar-refractivity contribution in [2.24, 2.45) is 0 Å². The van der Waals surface area contributed by atoms with Crippen LogP contribution in [0.25, 0.3) is 0 Å². The first-order chi connectivity index (χ1) is 9.62. The Morgan fingerprint density at radius 2 is 1.65 bits per heavy atom. The molecule has 2 N–H and O–H groups in total. The predicted molar refractivity (Wildman–Crippen MR) is 84.1 cm³/mol. The van der Waals surface area contributed by atoms with E-state index in [2.05, 4.69) is 41.4 Å². The number of ether oxygens (including phenoxy) is 1. The highest BCUT2D eigenvalue weighted by molar-refractivity contribution is 5.48. The lowest BCUT2D eigenvalue weighted by Gasteiger charge is -2.32. The van der Waals surface area contributed by atoms with Crippen LogP contribution in [0.4, 0.5) is 11.6 Å². The third-order valence-electron chi connectivity index (χ3n) is 3.89. The number of aromatic nitrogens is 2. The third-order valence-corrected chi connectivity index (χ3v) is 3.89. The van der Waals surface area contributed by atoms with Crippen LogP contribution in [0.1, 0.15) is 52.8 Å². The molecule has 5 nitrogen and oxygen atoms in total. The molecule has 1 aromatic rings. The fourth-order valence-corrected chi connectivity index (χ4v) is 2.23. The van der Waals surface area contributed by atoms with Gasteiger partial charge in [0.1, 0.15) is 18.2 Å². The fraction of sp³-hybridized carbons (Fsp3) is 0.733. The zero-order valence-electron chi connectivity index (χ0n) is 13.4. The molecule has 0 saturated heterocycles. The van der Waals surface area contributed by atoms with Crippen molar-refractivity contribution < 1.29 is 4.74 Å². The molecule has 0 saturated carbocycles. The highest BCUT2D eigenvalue weighted by Crippen LogP contribution is 2.25. The van der Waals surface area contributed by atoms with Gasteiger partial charge in [-0.25, -0.2) is 9.97 Å². The standard InChI is InChI=1S/C15H28N4O/c1-6-15(7-2,8-3)19-13-10-12(16-5)17-14(18-13)11-20-9-4/h10H,6-9,11H2,1-5H3,(H2,16,17,18,19). The Balaban J connectivity index is 2.98. The Morgan fingerprint density at radius 1 is 1.05 bits per heavy atom. The molecule has 0 amide bonds. The third kappa shape index (κ3) is 4.34. The number of hydrogen-bond donors (Lipinski definition) is 2. The minimum atomic E-state index is 0.0995. The SMILES string of the molecule is CCOCc1nc(NC)cc(NC(CC)(CC)CC)n1. The van der Waals surface area contributed by atoms with Crippen molar-refractivity contribution in [3.63, 3.8) is 0 Å². The van der Waals surface area contributed by atoms with E-state index < -0.39 is 0 Å². The topological polar surface area (TPSA) is 59.1 Å². The minimum absolute atomic E-state index is 0.0995. The predicted octanol–water partition coefficient (Wildman–Crippen LogP) is 3.44. The summed E-state index contributed by atoms with van der Waals surface area (Å²) < 4.78 is 5.40. The van der Waals surface area contributed by atoms with Crippen LogP contribution in [0.15, 0.2) is 6.07 Å². The molecule has 0 spiro atoms. The first kappa shape index (κ1) is 16.7. The molecule has 0 aliphatic heterocycles. The van der Waals surface area contributed by atoms with E-state index in [0.717, 1.165) is 30.9 Å². The zero-order valence-corrected chi connectivity index (χ0v) is 13.4. The van der Waals surface area contributed by atoms with Crippen LogP contribution in [-0.4, -0.2) is 29.2 Å². The first-order valence-electron chi connectivity index (χ1n) is 7.54. The van der Waals surface area contributed by atoms with E-state index in [1.165, 1.54) is 0 Å². The van der Waals surface area contributed by atoms with Gasteiger partial charge in [-0.15, -0.1) is 0 Å². The van der Waals surface area contributed by atoms with Crippen LogP contribution < -0.4 is 10.6 Å². The van der Waals surface area contributed by atoms with Crippen molar-refractivity contribution >= 4 is 11.6 Å². The second kappa shape index (κ2) is 8.04. The Labute approximate surface area is 122 Å². The average Bonchev–Trinajstić information content (AvgIpc) is 2.50. The summed E-state index contributed by atoms with van der Waals surface area (Å²) in [6, 6.07) is 1.95. The summed E-state index contributed by atoms with van der Waals surface area (Å²) in [5.41, 5.74) is 0.0995. The van der Waals surface area contributed by atoms with Crippen LogP contribution in [-0.2, 0) is 11.3 Å². The van der Waals surface area contributed by atoms with Gasteiger partial charge < -0.3 is 15.4 Å². The molecule has 1 rings (SSSR count). The first-order valence-corrected chi connectivity index (χ1v) is 7.54. The second-order valence-electron chi connectivity index (χ2n) is 4.91. The zero-order chi connectivity index (χ0) is 15.0. The molecule has 5 heteroatoms. The average molecular weight is 280 g/mol. The van der Waals surface area contributed by atoms with E-state index in [1.54, 1.807) is 0 Å². The molecule has 0 atom stereocenters. The number of rotatable bonds is 9. The summed E-state index contributed by atoms with van der Waals surface area (Å²) in [6.07, 6.45) is 3.21. The summed E-state index contributed by atoms with van der Waals surface area (Å²) in [7, 11) is 1.86. The highest BCUT2D eigenvalue weighted by atomic mass is 16.5. The van der Waals surface area contributed by atoms with Crippen LogP contribution in [0, 0.1) is 0 Å². The van der Waals surface area contributed by atoms with E-state index in [4.69, 9.17) is 4.74 Å². The molecular weight excluding hydrogens is 252 g/mol. The monoisotopic (exact) mass is 280 g/mol. The maximum Gasteiger partial charge on any atom is 0.158 e. The highest BCUT2D eigenvalue weighted by Gasteiger charge is 2.24. The Bertz CT molecular complexity index is 397. The lowest BCUT2D eigenvalue weighted by atomic mass is 9.90. The van der Waals surface area contributed by atoms with Gasteiger partial charge in [0.2, 0.25) is 0 Å². The van der Waals surface area contributed by atoms with Crippen LogP contribution >= 0.6 is 0 Å². The van der Waals surface area contributed by atoms with Gasteiger partial charge in [-0.3, -0.25) is 0 Å². The number of nitrogens with one attached hydrogen (secondary N) is 2. The molecule has 20 heavy (non-hydrogen) atoms. The van der Waals surface area contributed by atoms with Crippen LogP contribution in [0.5, 0.6) is 0 Å². The van der Waals surface area contributed by atoms with Gasteiger partial charge in [-0.1, -0.05) is 20.8 Å². The molecule has 1 heterocycles. The number of anilines is 2. The van der Waals surface area contributed by atoms with Crippen molar-refractivity contribution in [1.82, 2.24) is 9.97 Å². The summed E-state index contributed by atoms with van der Waals surface area (Å²) in [5, 5.41) is 6.66. The Hall–Kier alpha value is -1.36. The second-order valence-corrected chi connectivity index (χ2v) is 4.91. The molecule has 0 aromatic carbocycles. The molecule has 0 fully saturated rings. The number of nitrogens with zero attached hydrogens (tertiary/aromatic N) is 2. The molecule has 1 aromatic heterocycles. The van der Waals surface area contributed by atoms with Crippen LogP contribution in [0.3, 0.4) is 0 Å². The van der Waals surface area contributed by atoms with Gasteiger partial charge in [0.25, 0.3) is 0 Å². The van der Waals surface area contributed by atoms with Gasteiger partial charge in [0.15, 0.2) is 5.82 Å². The summed E-state index contributed by atoms with van der Waals surface area (Å²) >= 11 is 0. The summed E-state index contributed by atoms with van der Waals surface area (Å²) in [5.74, 6) is 2.39. The lowest BCUT2D eigenvalue weighted by molar-refractivity contribution is 0.128. The quantitative estimate of drug-likeness (QED) is 0.725. The van der Waals surface area contributed by atoms with Gasteiger partial charge in [-0.2, -0.15) is 0 Å². The molecule has 0 aliphatic rings. The van der Waals surface area contributed by atoms with Gasteiger partial charge in [-0.05, 0) is 26.2 Å². The van der Waals surface area contributed by atoms with E-state index in [1.807, 2.05) is 20.0 Å².